The zero-order valence-corrected chi connectivity index (χ0v) is 14.8. The maximum atomic E-state index is 12.8. The van der Waals surface area contributed by atoms with Crippen molar-refractivity contribution in [2.24, 2.45) is 0 Å². The van der Waals surface area contributed by atoms with Gasteiger partial charge in [0.2, 0.25) is 21.8 Å². The molecule has 7 heteroatoms. The molecule has 0 amide bonds. The first kappa shape index (κ1) is 17.3. The molecule has 3 aromatic rings. The molecule has 0 aliphatic rings. The molecule has 130 valence electrons. The first-order chi connectivity index (χ1) is 12.0. The summed E-state index contributed by atoms with van der Waals surface area (Å²) in [5, 5.41) is 7.82. The first-order valence-electron chi connectivity index (χ1n) is 7.87. The van der Waals surface area contributed by atoms with Gasteiger partial charge in [0, 0.05) is 6.92 Å². The summed E-state index contributed by atoms with van der Waals surface area (Å²) in [5.74, 6) is 0.640. The molecule has 0 bridgehead atoms. The van der Waals surface area contributed by atoms with Crippen LogP contribution >= 0.6 is 0 Å². The topological polar surface area (TPSA) is 85.1 Å². The number of aryl methyl sites for hydroxylation is 2. The van der Waals surface area contributed by atoms with E-state index < -0.39 is 16.1 Å². The molecule has 1 aromatic heterocycles. The third kappa shape index (κ3) is 4.12. The standard InChI is InChI=1S/C18H19N3O3S/c1-13-8-6-7-11-17(13)25(22,23)21-16(18-20-19-14(2)24-18)12-15-9-4-3-5-10-15/h3-11,16,21H,12H2,1-2H3. The van der Waals surface area contributed by atoms with Gasteiger partial charge < -0.3 is 4.42 Å². The van der Waals surface area contributed by atoms with E-state index in [-0.39, 0.29) is 10.8 Å². The third-order valence-corrected chi connectivity index (χ3v) is 5.43. The highest BCUT2D eigenvalue weighted by atomic mass is 32.2. The summed E-state index contributed by atoms with van der Waals surface area (Å²) in [7, 11) is -3.73. The van der Waals surface area contributed by atoms with Gasteiger partial charge in [-0.25, -0.2) is 8.42 Å². The zero-order valence-electron chi connectivity index (χ0n) is 14.0. The Kier molecular flexibility index (Phi) is 4.96. The smallest absolute Gasteiger partial charge is 0.241 e. The van der Waals surface area contributed by atoms with Crippen molar-refractivity contribution < 1.29 is 12.8 Å². The van der Waals surface area contributed by atoms with Crippen LogP contribution in [-0.2, 0) is 16.4 Å². The number of nitrogens with zero attached hydrogens (tertiary/aromatic N) is 2. The van der Waals surface area contributed by atoms with E-state index in [1.54, 1.807) is 38.1 Å². The molecule has 0 radical (unpaired) electrons. The number of benzene rings is 2. The van der Waals surface area contributed by atoms with Crippen LogP contribution in [0.2, 0.25) is 0 Å². The fourth-order valence-electron chi connectivity index (χ4n) is 2.59. The zero-order chi connectivity index (χ0) is 17.9. The van der Waals surface area contributed by atoms with E-state index in [0.717, 1.165) is 5.56 Å². The summed E-state index contributed by atoms with van der Waals surface area (Å²) >= 11 is 0. The normalized spacial score (nSPS) is 12.9. The molecule has 1 atom stereocenters. The number of aromatic nitrogens is 2. The van der Waals surface area contributed by atoms with Gasteiger partial charge in [0.15, 0.2) is 0 Å². The second-order valence-electron chi connectivity index (χ2n) is 5.79. The van der Waals surface area contributed by atoms with Gasteiger partial charge in [0.05, 0.1) is 4.90 Å². The van der Waals surface area contributed by atoms with Gasteiger partial charge in [-0.1, -0.05) is 48.5 Å². The third-order valence-electron chi connectivity index (χ3n) is 3.80. The van der Waals surface area contributed by atoms with Gasteiger partial charge in [0.1, 0.15) is 6.04 Å². The Hall–Kier alpha value is -2.51. The van der Waals surface area contributed by atoms with E-state index in [1.165, 1.54) is 0 Å². The van der Waals surface area contributed by atoms with Gasteiger partial charge in [-0.3, -0.25) is 0 Å². The first-order valence-corrected chi connectivity index (χ1v) is 9.36. The minimum atomic E-state index is -3.73. The predicted molar refractivity (Wildman–Crippen MR) is 93.4 cm³/mol. The summed E-state index contributed by atoms with van der Waals surface area (Å²) in [4.78, 5) is 0.240. The average Bonchev–Trinajstić information content (AvgIpc) is 3.02. The van der Waals surface area contributed by atoms with Crippen molar-refractivity contribution in [3.05, 3.63) is 77.5 Å². The lowest BCUT2D eigenvalue weighted by molar-refractivity contribution is 0.411. The summed E-state index contributed by atoms with van der Waals surface area (Å²) < 4.78 is 33.9. The van der Waals surface area contributed by atoms with Crippen LogP contribution in [0.3, 0.4) is 0 Å². The van der Waals surface area contributed by atoms with Crippen LogP contribution in [0.1, 0.15) is 29.0 Å². The molecule has 3 rings (SSSR count). The van der Waals surface area contributed by atoms with Gasteiger partial charge in [0.25, 0.3) is 0 Å². The van der Waals surface area contributed by atoms with Crippen molar-refractivity contribution in [1.29, 1.82) is 0 Å². The monoisotopic (exact) mass is 357 g/mol. The van der Waals surface area contributed by atoms with E-state index in [0.29, 0.717) is 17.9 Å². The average molecular weight is 357 g/mol. The van der Waals surface area contributed by atoms with E-state index >= 15 is 0 Å². The molecule has 0 saturated carbocycles. The number of nitrogens with one attached hydrogen (secondary N) is 1. The van der Waals surface area contributed by atoms with E-state index in [4.69, 9.17) is 4.42 Å². The minimum absolute atomic E-state index is 0.240. The van der Waals surface area contributed by atoms with Gasteiger partial charge >= 0.3 is 0 Å². The molecule has 1 N–H and O–H groups in total. The number of hydrogen-bond acceptors (Lipinski definition) is 5. The molecule has 6 nitrogen and oxygen atoms in total. The number of sulfonamides is 1. The van der Waals surface area contributed by atoms with Crippen LogP contribution < -0.4 is 4.72 Å². The quantitative estimate of drug-likeness (QED) is 0.733. The predicted octanol–water partition coefficient (Wildman–Crippen LogP) is 2.95. The van der Waals surface area contributed by atoms with Crippen molar-refractivity contribution in [2.45, 2.75) is 31.2 Å². The van der Waals surface area contributed by atoms with Gasteiger partial charge in [-0.15, -0.1) is 10.2 Å². The van der Waals surface area contributed by atoms with Crippen molar-refractivity contribution >= 4 is 10.0 Å². The molecule has 0 fully saturated rings. The van der Waals surface area contributed by atoms with Crippen molar-refractivity contribution in [1.82, 2.24) is 14.9 Å². The van der Waals surface area contributed by atoms with E-state index in [1.807, 2.05) is 30.3 Å². The second kappa shape index (κ2) is 7.16. The molecule has 0 spiro atoms. The Morgan fingerprint density at radius 3 is 2.32 bits per heavy atom. The van der Waals surface area contributed by atoms with Crippen molar-refractivity contribution in [3.63, 3.8) is 0 Å². The lowest BCUT2D eigenvalue weighted by Gasteiger charge is -2.16. The van der Waals surface area contributed by atoms with Crippen LogP contribution in [0.5, 0.6) is 0 Å². The molecule has 0 aliphatic heterocycles. The highest BCUT2D eigenvalue weighted by molar-refractivity contribution is 7.89. The maximum Gasteiger partial charge on any atom is 0.241 e. The molecule has 1 heterocycles. The Morgan fingerprint density at radius 1 is 1.00 bits per heavy atom. The molecule has 1 unspecified atom stereocenters. The summed E-state index contributed by atoms with van der Waals surface area (Å²) in [6.07, 6.45) is 0.410. The molecule has 2 aromatic carbocycles. The lowest BCUT2D eigenvalue weighted by atomic mass is 10.1. The van der Waals surface area contributed by atoms with Crippen LogP contribution in [0, 0.1) is 13.8 Å². The molecular formula is C18H19N3O3S. The Bertz CT molecular complexity index is 952. The fourth-order valence-corrected chi connectivity index (χ4v) is 4.03. The van der Waals surface area contributed by atoms with Crippen LogP contribution in [0.25, 0.3) is 0 Å². The Morgan fingerprint density at radius 2 is 1.68 bits per heavy atom. The minimum Gasteiger partial charge on any atom is -0.424 e. The highest BCUT2D eigenvalue weighted by Crippen LogP contribution is 2.22. The van der Waals surface area contributed by atoms with Crippen LogP contribution in [0.15, 0.2) is 63.9 Å². The Balaban J connectivity index is 1.93. The van der Waals surface area contributed by atoms with Crippen LogP contribution in [0.4, 0.5) is 0 Å². The fraction of sp³-hybridized carbons (Fsp3) is 0.222. The van der Waals surface area contributed by atoms with Crippen molar-refractivity contribution in [2.75, 3.05) is 0 Å². The van der Waals surface area contributed by atoms with E-state index in [9.17, 15) is 8.42 Å². The number of rotatable bonds is 6. The van der Waals surface area contributed by atoms with Crippen molar-refractivity contribution in [3.8, 4) is 0 Å². The SMILES string of the molecule is Cc1nnc(C(Cc2ccccc2)NS(=O)(=O)c2ccccc2C)o1. The molecule has 25 heavy (non-hydrogen) atoms. The summed E-state index contributed by atoms with van der Waals surface area (Å²) in [6.45, 7) is 3.43. The van der Waals surface area contributed by atoms with E-state index in [2.05, 4.69) is 14.9 Å². The second-order valence-corrected chi connectivity index (χ2v) is 7.47. The summed E-state index contributed by atoms with van der Waals surface area (Å²) in [6, 6.07) is 15.8. The van der Waals surface area contributed by atoms with Gasteiger partial charge in [-0.2, -0.15) is 4.72 Å². The number of hydrogen-bond donors (Lipinski definition) is 1. The highest BCUT2D eigenvalue weighted by Gasteiger charge is 2.26. The Labute approximate surface area is 147 Å². The van der Waals surface area contributed by atoms with Crippen LogP contribution in [-0.4, -0.2) is 18.6 Å². The largest absolute Gasteiger partial charge is 0.424 e. The summed E-state index contributed by atoms with van der Waals surface area (Å²) in [5.41, 5.74) is 1.64. The molecular weight excluding hydrogens is 338 g/mol. The lowest BCUT2D eigenvalue weighted by Crippen LogP contribution is -2.30. The molecule has 0 saturated heterocycles. The molecule has 0 aliphatic carbocycles. The maximum absolute atomic E-state index is 12.8. The van der Waals surface area contributed by atoms with Gasteiger partial charge in [-0.05, 0) is 30.5 Å².